The zero-order chi connectivity index (χ0) is 32.9. The van der Waals surface area contributed by atoms with Crippen LogP contribution in [0, 0.1) is 13.8 Å². The molecule has 236 valence electrons. The first-order chi connectivity index (χ1) is 21.2. The van der Waals surface area contributed by atoms with Crippen LogP contribution >= 0.6 is 0 Å². The van der Waals surface area contributed by atoms with Crippen LogP contribution in [0.15, 0.2) is 89.8 Å². The molecule has 10 heteroatoms. The third-order valence-corrected chi connectivity index (χ3v) is 8.91. The van der Waals surface area contributed by atoms with Gasteiger partial charge in [-0.3, -0.25) is 13.9 Å². The highest BCUT2D eigenvalue weighted by Gasteiger charge is 2.29. The maximum absolute atomic E-state index is 14.0. The summed E-state index contributed by atoms with van der Waals surface area (Å²) in [4.78, 5) is 26.2. The van der Waals surface area contributed by atoms with Gasteiger partial charge in [0, 0.05) is 23.0 Å². The smallest absolute Gasteiger partial charge is 0.264 e. The molecule has 0 aliphatic heterocycles. The topological polar surface area (TPSA) is 114 Å². The van der Waals surface area contributed by atoms with Crippen LogP contribution < -0.4 is 24.4 Å². The average Bonchev–Trinajstić information content (AvgIpc) is 2.98. The van der Waals surface area contributed by atoms with E-state index in [1.807, 2.05) is 32.0 Å². The van der Waals surface area contributed by atoms with E-state index in [9.17, 15) is 18.0 Å². The van der Waals surface area contributed by atoms with Crippen molar-refractivity contribution in [3.05, 3.63) is 107 Å². The number of sulfonamides is 1. The molecule has 0 aliphatic carbocycles. The van der Waals surface area contributed by atoms with E-state index in [1.165, 1.54) is 32.4 Å². The number of anilines is 3. The van der Waals surface area contributed by atoms with E-state index in [-0.39, 0.29) is 22.0 Å². The van der Waals surface area contributed by atoms with E-state index >= 15 is 0 Å². The predicted molar refractivity (Wildman–Crippen MR) is 178 cm³/mol. The Hall–Kier alpha value is -4.83. The minimum absolute atomic E-state index is 0.0316. The van der Waals surface area contributed by atoms with Crippen LogP contribution in [0.2, 0.25) is 0 Å². The SMILES string of the molecule is COc1ccc(S(=O)(=O)N(CC(=O)Nc2cccc(NC(=O)c3ccc(C(C)(C)C)cc3)c2)c2cc(C)cc(C)c2)cc1OC. The summed E-state index contributed by atoms with van der Waals surface area (Å²) in [5, 5.41) is 5.63. The minimum Gasteiger partial charge on any atom is -0.493 e. The second-order valence-electron chi connectivity index (χ2n) is 11.8. The first kappa shape index (κ1) is 33.1. The molecule has 0 saturated heterocycles. The molecule has 2 amide bonds. The summed E-state index contributed by atoms with van der Waals surface area (Å²) >= 11 is 0. The second-order valence-corrected chi connectivity index (χ2v) is 13.6. The molecule has 45 heavy (non-hydrogen) atoms. The number of carbonyl (C=O) groups excluding carboxylic acids is 2. The summed E-state index contributed by atoms with van der Waals surface area (Å²) in [7, 11) is -1.34. The molecule has 0 spiro atoms. The fraction of sp³-hybridized carbons (Fsp3) is 0.257. The quantitative estimate of drug-likeness (QED) is 0.202. The van der Waals surface area contributed by atoms with Crippen molar-refractivity contribution in [2.45, 2.75) is 44.9 Å². The molecule has 0 radical (unpaired) electrons. The monoisotopic (exact) mass is 629 g/mol. The Labute approximate surface area is 265 Å². The molecular formula is C35H39N3O6S. The van der Waals surface area contributed by atoms with Crippen molar-refractivity contribution in [1.29, 1.82) is 0 Å². The molecule has 0 atom stereocenters. The van der Waals surface area contributed by atoms with E-state index in [0.717, 1.165) is 21.0 Å². The van der Waals surface area contributed by atoms with Gasteiger partial charge in [-0.25, -0.2) is 8.42 Å². The summed E-state index contributed by atoms with van der Waals surface area (Å²) in [6.45, 7) is 9.53. The van der Waals surface area contributed by atoms with Crippen molar-refractivity contribution in [2.24, 2.45) is 0 Å². The molecule has 0 unspecified atom stereocenters. The molecule has 0 aliphatic rings. The van der Waals surface area contributed by atoms with Crippen molar-refractivity contribution in [3.8, 4) is 11.5 Å². The number of hydrogen-bond donors (Lipinski definition) is 2. The van der Waals surface area contributed by atoms with Crippen molar-refractivity contribution in [3.63, 3.8) is 0 Å². The number of ether oxygens (including phenoxy) is 2. The van der Waals surface area contributed by atoms with Crippen molar-refractivity contribution in [2.75, 3.05) is 35.7 Å². The van der Waals surface area contributed by atoms with Gasteiger partial charge in [-0.1, -0.05) is 45.0 Å². The lowest BCUT2D eigenvalue weighted by molar-refractivity contribution is -0.114. The van der Waals surface area contributed by atoms with E-state index < -0.39 is 22.5 Å². The van der Waals surface area contributed by atoms with Gasteiger partial charge in [0.15, 0.2) is 11.5 Å². The van der Waals surface area contributed by atoms with Gasteiger partial charge in [-0.05, 0) is 90.6 Å². The molecule has 4 aromatic rings. The fourth-order valence-corrected chi connectivity index (χ4v) is 6.27. The first-order valence-corrected chi connectivity index (χ1v) is 15.8. The minimum atomic E-state index is -4.22. The lowest BCUT2D eigenvalue weighted by atomic mass is 9.87. The van der Waals surface area contributed by atoms with Crippen molar-refractivity contribution in [1.82, 2.24) is 0 Å². The van der Waals surface area contributed by atoms with Gasteiger partial charge >= 0.3 is 0 Å². The zero-order valence-corrected chi connectivity index (χ0v) is 27.4. The van der Waals surface area contributed by atoms with Crippen LogP contribution in [-0.4, -0.2) is 41.0 Å². The number of aryl methyl sites for hydroxylation is 2. The Kier molecular flexibility index (Phi) is 9.87. The van der Waals surface area contributed by atoms with Gasteiger partial charge in [-0.2, -0.15) is 0 Å². The number of hydrogen-bond acceptors (Lipinski definition) is 6. The third kappa shape index (κ3) is 8.02. The lowest BCUT2D eigenvalue weighted by Gasteiger charge is -2.25. The molecule has 0 bridgehead atoms. The molecule has 0 fully saturated rings. The van der Waals surface area contributed by atoms with Gasteiger partial charge < -0.3 is 20.1 Å². The van der Waals surface area contributed by atoms with Gasteiger partial charge in [0.25, 0.3) is 15.9 Å². The largest absolute Gasteiger partial charge is 0.493 e. The lowest BCUT2D eigenvalue weighted by Crippen LogP contribution is -2.38. The number of nitrogens with one attached hydrogen (secondary N) is 2. The molecule has 4 rings (SSSR count). The molecule has 0 aromatic heterocycles. The molecule has 2 N–H and O–H groups in total. The Bertz CT molecular complexity index is 1790. The highest BCUT2D eigenvalue weighted by molar-refractivity contribution is 7.92. The summed E-state index contributed by atoms with van der Waals surface area (Å²) < 4.78 is 39.7. The average molecular weight is 630 g/mol. The molecule has 9 nitrogen and oxygen atoms in total. The number of carbonyl (C=O) groups is 2. The highest BCUT2D eigenvalue weighted by Crippen LogP contribution is 2.33. The fourth-order valence-electron chi connectivity index (χ4n) is 4.84. The number of amides is 2. The maximum atomic E-state index is 14.0. The van der Waals surface area contributed by atoms with Crippen LogP contribution in [-0.2, 0) is 20.2 Å². The summed E-state index contributed by atoms with van der Waals surface area (Å²) in [5.74, 6) is -0.242. The van der Waals surface area contributed by atoms with Gasteiger partial charge in [0.05, 0.1) is 24.8 Å². The first-order valence-electron chi connectivity index (χ1n) is 14.4. The number of benzene rings is 4. The zero-order valence-electron chi connectivity index (χ0n) is 26.6. The summed E-state index contributed by atoms with van der Waals surface area (Å²) in [6.07, 6.45) is 0. The standard InChI is InChI=1S/C35H39N3O6S/c1-23-17-24(2)19-29(18-23)38(45(41,42)30-15-16-31(43-6)32(21-30)44-7)22-33(39)36-27-9-8-10-28(20-27)37-34(40)25-11-13-26(14-12-25)35(3,4)5/h8-21H,22H2,1-7H3,(H,36,39)(H,37,40). The number of rotatable bonds is 10. The molecule has 0 heterocycles. The molecule has 0 saturated carbocycles. The number of nitrogens with zero attached hydrogens (tertiary/aromatic N) is 1. The van der Waals surface area contributed by atoms with Crippen molar-refractivity contribution < 1.29 is 27.5 Å². The molecular weight excluding hydrogens is 590 g/mol. The van der Waals surface area contributed by atoms with Gasteiger partial charge in [0.1, 0.15) is 6.54 Å². The Morgan fingerprint density at radius 3 is 1.93 bits per heavy atom. The van der Waals surface area contributed by atoms with E-state index in [2.05, 4.69) is 31.4 Å². The Morgan fingerprint density at radius 2 is 1.36 bits per heavy atom. The second kappa shape index (κ2) is 13.4. The third-order valence-electron chi connectivity index (χ3n) is 7.14. The predicted octanol–water partition coefficient (Wildman–Crippen LogP) is 6.70. The van der Waals surface area contributed by atoms with Crippen LogP contribution in [0.3, 0.4) is 0 Å². The molecule has 4 aromatic carbocycles. The number of methoxy groups -OCH3 is 2. The van der Waals surface area contributed by atoms with Gasteiger partial charge in [-0.15, -0.1) is 0 Å². The van der Waals surface area contributed by atoms with Gasteiger partial charge in [0.2, 0.25) is 5.91 Å². The normalized spacial score (nSPS) is 11.4. The summed E-state index contributed by atoms with van der Waals surface area (Å²) in [6, 6.07) is 23.7. The highest BCUT2D eigenvalue weighted by atomic mass is 32.2. The van der Waals surface area contributed by atoms with Crippen LogP contribution in [0.25, 0.3) is 0 Å². The van der Waals surface area contributed by atoms with Crippen LogP contribution in [0.1, 0.15) is 47.8 Å². The van der Waals surface area contributed by atoms with E-state index in [1.54, 1.807) is 48.5 Å². The van der Waals surface area contributed by atoms with E-state index in [0.29, 0.717) is 28.4 Å². The summed E-state index contributed by atoms with van der Waals surface area (Å²) in [5.41, 5.74) is 4.48. The van der Waals surface area contributed by atoms with E-state index in [4.69, 9.17) is 9.47 Å². The van der Waals surface area contributed by atoms with Crippen LogP contribution in [0.5, 0.6) is 11.5 Å². The maximum Gasteiger partial charge on any atom is 0.264 e. The van der Waals surface area contributed by atoms with Crippen LogP contribution in [0.4, 0.5) is 17.1 Å². The van der Waals surface area contributed by atoms with Crippen molar-refractivity contribution >= 4 is 38.9 Å². The Morgan fingerprint density at radius 1 is 0.756 bits per heavy atom. The Balaban J connectivity index is 1.57.